The van der Waals surface area contributed by atoms with Gasteiger partial charge in [0.15, 0.2) is 0 Å². The van der Waals surface area contributed by atoms with E-state index in [1.54, 1.807) is 0 Å². The van der Waals surface area contributed by atoms with Gasteiger partial charge >= 0.3 is 0 Å². The van der Waals surface area contributed by atoms with Crippen molar-refractivity contribution in [1.82, 2.24) is 30.4 Å². The van der Waals surface area contributed by atoms with E-state index >= 15 is 0 Å². The lowest BCUT2D eigenvalue weighted by Gasteiger charge is -2.38. The van der Waals surface area contributed by atoms with Gasteiger partial charge in [0.25, 0.3) is 5.91 Å². The molecule has 2 saturated heterocycles. The number of aromatic amines is 2. The van der Waals surface area contributed by atoms with Crippen LogP contribution in [0.4, 0.5) is 5.95 Å². The van der Waals surface area contributed by atoms with E-state index in [0.29, 0.717) is 18.0 Å². The van der Waals surface area contributed by atoms with E-state index < -0.39 is 0 Å². The minimum atomic E-state index is -0.215. The van der Waals surface area contributed by atoms with Crippen LogP contribution in [0.15, 0.2) is 30.5 Å². The summed E-state index contributed by atoms with van der Waals surface area (Å²) in [5.41, 5.74) is 2.31. The average Bonchev–Trinajstić information content (AvgIpc) is 3.39. The molecule has 0 saturated carbocycles. The van der Waals surface area contributed by atoms with Crippen LogP contribution in [0.1, 0.15) is 35.9 Å². The lowest BCUT2D eigenvalue weighted by Crippen LogP contribution is -2.52. The zero-order valence-corrected chi connectivity index (χ0v) is 16.9. The largest absolute Gasteiger partial charge is 0.361 e. The molecule has 0 radical (unpaired) electrons. The second-order valence-electron chi connectivity index (χ2n) is 8.38. The summed E-state index contributed by atoms with van der Waals surface area (Å²) in [5.74, 6) is 0.690. The number of carbonyl (C=O) groups is 1. The van der Waals surface area contributed by atoms with Crippen LogP contribution in [-0.4, -0.2) is 69.2 Å². The van der Waals surface area contributed by atoms with Gasteiger partial charge in [-0.05, 0) is 44.9 Å². The van der Waals surface area contributed by atoms with E-state index in [-0.39, 0.29) is 17.8 Å². The highest BCUT2D eigenvalue weighted by Crippen LogP contribution is 2.29. The summed E-state index contributed by atoms with van der Waals surface area (Å²) in [7, 11) is 2.20. The molecule has 3 atom stereocenters. The van der Waals surface area contributed by atoms with Crippen LogP contribution in [0.3, 0.4) is 0 Å². The number of aromatic nitrogens is 4. The van der Waals surface area contributed by atoms with Gasteiger partial charge in [-0.2, -0.15) is 4.98 Å². The maximum Gasteiger partial charge on any atom is 0.288 e. The predicted molar refractivity (Wildman–Crippen MR) is 112 cm³/mol. The summed E-state index contributed by atoms with van der Waals surface area (Å²) in [4.78, 5) is 25.1. The minimum absolute atomic E-state index is 0.0188. The van der Waals surface area contributed by atoms with Crippen molar-refractivity contribution in [3.63, 3.8) is 0 Å². The number of fused-ring (bicyclic) bond motifs is 3. The molecule has 1 aromatic carbocycles. The summed E-state index contributed by atoms with van der Waals surface area (Å²) in [5, 5.41) is 11.4. The zero-order chi connectivity index (χ0) is 20.0. The normalized spacial score (nSPS) is 22.9. The minimum Gasteiger partial charge on any atom is -0.361 e. The number of nitrogens with one attached hydrogen (secondary N) is 3. The third-order valence-electron chi connectivity index (χ3n) is 6.40. The summed E-state index contributed by atoms with van der Waals surface area (Å²) >= 11 is 0. The molecule has 2 aromatic heterocycles. The first kappa shape index (κ1) is 18.2. The van der Waals surface area contributed by atoms with Gasteiger partial charge in [0.2, 0.25) is 11.8 Å². The molecule has 8 nitrogen and oxygen atoms in total. The number of hydrogen-bond acceptors (Lipinski definition) is 5. The van der Waals surface area contributed by atoms with Crippen LogP contribution in [0.5, 0.6) is 0 Å². The van der Waals surface area contributed by atoms with E-state index in [0.717, 1.165) is 25.0 Å². The molecular weight excluding hydrogens is 366 g/mol. The first-order chi connectivity index (χ1) is 14.1. The quantitative estimate of drug-likeness (QED) is 0.616. The number of H-pyrrole nitrogens is 2. The molecule has 3 unspecified atom stereocenters. The van der Waals surface area contributed by atoms with Gasteiger partial charge in [-0.15, -0.1) is 5.10 Å². The van der Waals surface area contributed by atoms with Gasteiger partial charge in [0.1, 0.15) is 0 Å². The smallest absolute Gasteiger partial charge is 0.288 e. The molecule has 2 fully saturated rings. The number of nitrogens with zero attached hydrogens (tertiary/aromatic N) is 4. The Bertz CT molecular complexity index is 1010. The van der Waals surface area contributed by atoms with Crippen molar-refractivity contribution in [2.45, 2.75) is 44.3 Å². The van der Waals surface area contributed by atoms with Crippen LogP contribution < -0.4 is 10.2 Å². The van der Waals surface area contributed by atoms with Crippen molar-refractivity contribution >= 4 is 22.8 Å². The summed E-state index contributed by atoms with van der Waals surface area (Å²) < 4.78 is 0. The molecule has 1 amide bonds. The number of hydrogen-bond donors (Lipinski definition) is 3. The molecular formula is C21H27N7O. The number of benzene rings is 1. The Morgan fingerprint density at radius 2 is 2.03 bits per heavy atom. The Morgan fingerprint density at radius 1 is 1.28 bits per heavy atom. The molecule has 2 aliphatic heterocycles. The lowest BCUT2D eigenvalue weighted by molar-refractivity contribution is 0.0930. The molecule has 0 spiro atoms. The highest BCUT2D eigenvalue weighted by atomic mass is 16.2. The van der Waals surface area contributed by atoms with Gasteiger partial charge in [-0.1, -0.05) is 18.2 Å². The first-order valence-corrected chi connectivity index (χ1v) is 10.3. The number of amides is 1. The van der Waals surface area contributed by atoms with E-state index in [4.69, 9.17) is 0 Å². The second-order valence-corrected chi connectivity index (χ2v) is 8.38. The van der Waals surface area contributed by atoms with Crippen molar-refractivity contribution in [3.8, 4) is 0 Å². The summed E-state index contributed by atoms with van der Waals surface area (Å²) in [6.07, 6.45) is 5.21. The molecule has 8 heteroatoms. The molecule has 0 aliphatic carbocycles. The van der Waals surface area contributed by atoms with Gasteiger partial charge in [0, 0.05) is 48.3 Å². The Balaban J connectivity index is 1.22. The van der Waals surface area contributed by atoms with Crippen LogP contribution in [0, 0.1) is 0 Å². The van der Waals surface area contributed by atoms with E-state index in [1.807, 2.05) is 25.3 Å². The highest BCUT2D eigenvalue weighted by molar-refractivity contribution is 5.91. The van der Waals surface area contributed by atoms with Gasteiger partial charge < -0.3 is 15.2 Å². The number of piperazine rings is 1. The number of carbonyl (C=O) groups excluding carboxylic acids is 1. The maximum atomic E-state index is 12.7. The maximum absolute atomic E-state index is 12.7. The van der Waals surface area contributed by atoms with Gasteiger partial charge in [-0.25, -0.2) is 0 Å². The monoisotopic (exact) mass is 393 g/mol. The average molecular weight is 393 g/mol. The van der Waals surface area contributed by atoms with Crippen LogP contribution >= 0.6 is 0 Å². The lowest BCUT2D eigenvalue weighted by atomic mass is 10.1. The molecule has 2 aliphatic rings. The summed E-state index contributed by atoms with van der Waals surface area (Å²) in [6, 6.07) is 9.30. The SMILES string of the molecule is CC(Cc1c[nH]c2ccccc12)NC(=O)c1nc(N2CC3CCC(C2)N3C)n[nH]1. The van der Waals surface area contributed by atoms with Crippen molar-refractivity contribution in [3.05, 3.63) is 41.9 Å². The first-order valence-electron chi connectivity index (χ1n) is 10.3. The van der Waals surface area contributed by atoms with Gasteiger partial charge in [-0.3, -0.25) is 14.8 Å². The fourth-order valence-electron chi connectivity index (χ4n) is 4.75. The van der Waals surface area contributed by atoms with E-state index in [2.05, 4.69) is 54.5 Å². The third kappa shape index (κ3) is 3.37. The third-order valence-corrected chi connectivity index (χ3v) is 6.40. The van der Waals surface area contributed by atoms with Crippen molar-refractivity contribution in [2.75, 3.05) is 25.0 Å². The fraction of sp³-hybridized carbons (Fsp3) is 0.476. The zero-order valence-electron chi connectivity index (χ0n) is 16.9. The van der Waals surface area contributed by atoms with Crippen LogP contribution in [-0.2, 0) is 6.42 Å². The Labute approximate surface area is 169 Å². The van der Waals surface area contributed by atoms with E-state index in [1.165, 1.54) is 23.8 Å². The van der Waals surface area contributed by atoms with Crippen molar-refractivity contribution < 1.29 is 4.79 Å². The molecule has 2 bridgehead atoms. The predicted octanol–water partition coefficient (Wildman–Crippen LogP) is 1.93. The Kier molecular flexibility index (Phi) is 4.50. The molecule has 29 heavy (non-hydrogen) atoms. The Morgan fingerprint density at radius 3 is 2.83 bits per heavy atom. The number of likely N-dealkylation sites (N-methyl/N-ethyl adjacent to an activating group) is 1. The highest BCUT2D eigenvalue weighted by Gasteiger charge is 2.38. The van der Waals surface area contributed by atoms with Crippen LogP contribution in [0.25, 0.3) is 10.9 Å². The topological polar surface area (TPSA) is 92.9 Å². The molecule has 5 rings (SSSR count). The second kappa shape index (κ2) is 7.18. The number of anilines is 1. The number of para-hydroxylation sites is 1. The Hall–Kier alpha value is -2.87. The summed E-state index contributed by atoms with van der Waals surface area (Å²) in [6.45, 7) is 3.85. The molecule has 3 aromatic rings. The molecule has 3 N–H and O–H groups in total. The van der Waals surface area contributed by atoms with Gasteiger partial charge in [0.05, 0.1) is 0 Å². The van der Waals surface area contributed by atoms with Crippen molar-refractivity contribution in [1.29, 1.82) is 0 Å². The fourth-order valence-corrected chi connectivity index (χ4v) is 4.75. The number of rotatable bonds is 5. The van der Waals surface area contributed by atoms with Crippen molar-refractivity contribution in [2.24, 2.45) is 0 Å². The van der Waals surface area contributed by atoms with E-state index in [9.17, 15) is 4.79 Å². The standard InChI is InChI=1S/C21H27N7O/c1-13(9-14-10-22-18-6-4-3-5-17(14)18)23-20(29)19-24-21(26-25-19)28-11-15-7-8-16(12-28)27(15)2/h3-6,10,13,15-16,22H,7-9,11-12H2,1-2H3,(H,23,29)(H,24,25,26). The molecule has 4 heterocycles. The molecule has 152 valence electrons. The van der Waals surface area contributed by atoms with Crippen LogP contribution in [0.2, 0.25) is 0 Å².